The van der Waals surface area contributed by atoms with E-state index in [1.807, 2.05) is 13.0 Å². The highest BCUT2D eigenvalue weighted by Crippen LogP contribution is 2.31. The minimum absolute atomic E-state index is 0.0800. The van der Waals surface area contributed by atoms with Gasteiger partial charge in [-0.05, 0) is 54.2 Å². The second kappa shape index (κ2) is 10.2. The first-order chi connectivity index (χ1) is 12.6. The molecule has 1 atom stereocenters. The summed E-state index contributed by atoms with van der Waals surface area (Å²) in [4.78, 5) is 4.57. The van der Waals surface area contributed by atoms with E-state index < -0.39 is 0 Å². The zero-order valence-corrected chi connectivity index (χ0v) is 16.1. The molecule has 0 bridgehead atoms. The molecule has 0 saturated heterocycles. The van der Waals surface area contributed by atoms with Gasteiger partial charge in [0, 0.05) is 18.1 Å². The van der Waals surface area contributed by atoms with Gasteiger partial charge in [0.15, 0.2) is 0 Å². The lowest BCUT2D eigenvalue weighted by molar-refractivity contribution is 0.306. The molecule has 1 aliphatic carbocycles. The molecule has 0 fully saturated rings. The van der Waals surface area contributed by atoms with Gasteiger partial charge < -0.3 is 5.11 Å². The fourth-order valence-electron chi connectivity index (χ4n) is 3.31. The Morgan fingerprint density at radius 2 is 2.15 bits per heavy atom. The molecule has 0 spiro atoms. The smallest absolute Gasteiger partial charge is 0.123 e. The molecule has 26 heavy (non-hydrogen) atoms. The van der Waals surface area contributed by atoms with Gasteiger partial charge in [0.1, 0.15) is 5.82 Å². The Bertz CT molecular complexity index is 728. The van der Waals surface area contributed by atoms with Crippen molar-refractivity contribution in [2.45, 2.75) is 46.5 Å². The minimum Gasteiger partial charge on any atom is -0.394 e. The van der Waals surface area contributed by atoms with Crippen LogP contribution in [0.5, 0.6) is 0 Å². The van der Waals surface area contributed by atoms with Crippen molar-refractivity contribution in [1.82, 2.24) is 0 Å². The van der Waals surface area contributed by atoms with Crippen LogP contribution in [0.25, 0.3) is 5.57 Å². The molecule has 0 aliphatic heterocycles. The van der Waals surface area contributed by atoms with Crippen molar-refractivity contribution in [3.05, 3.63) is 65.0 Å². The van der Waals surface area contributed by atoms with E-state index in [0.717, 1.165) is 42.5 Å². The van der Waals surface area contributed by atoms with E-state index in [9.17, 15) is 4.39 Å². The third kappa shape index (κ3) is 5.25. The van der Waals surface area contributed by atoms with Crippen LogP contribution in [-0.2, 0) is 0 Å². The van der Waals surface area contributed by atoms with Crippen molar-refractivity contribution in [3.63, 3.8) is 0 Å². The lowest BCUT2D eigenvalue weighted by Gasteiger charge is -2.13. The number of aliphatic hydroxyl groups excluding tert-OH is 1. The highest BCUT2D eigenvalue weighted by Gasteiger charge is 2.16. The van der Waals surface area contributed by atoms with Crippen molar-refractivity contribution in [2.24, 2.45) is 10.9 Å². The van der Waals surface area contributed by atoms with Crippen molar-refractivity contribution in [2.75, 3.05) is 13.2 Å². The molecule has 1 aromatic rings. The molecular formula is C23H30FNO. The molecule has 2 rings (SSSR count). The average Bonchev–Trinajstić information content (AvgIpc) is 2.84. The Morgan fingerprint density at radius 1 is 1.35 bits per heavy atom. The van der Waals surface area contributed by atoms with Crippen LogP contribution >= 0.6 is 0 Å². The predicted molar refractivity (Wildman–Crippen MR) is 109 cm³/mol. The van der Waals surface area contributed by atoms with Crippen LogP contribution in [0.2, 0.25) is 0 Å². The summed E-state index contributed by atoms with van der Waals surface area (Å²) in [5.41, 5.74) is 5.49. The zero-order chi connectivity index (χ0) is 18.9. The maximum absolute atomic E-state index is 13.6. The number of aryl methyl sites for hydroxylation is 1. The van der Waals surface area contributed by atoms with Gasteiger partial charge >= 0.3 is 0 Å². The van der Waals surface area contributed by atoms with Crippen LogP contribution in [0.15, 0.2) is 53.1 Å². The monoisotopic (exact) mass is 355 g/mol. The van der Waals surface area contributed by atoms with Gasteiger partial charge in [-0.1, -0.05) is 50.6 Å². The number of nitrogens with zero attached hydrogens (tertiary/aromatic N) is 1. The van der Waals surface area contributed by atoms with E-state index in [-0.39, 0.29) is 12.4 Å². The summed E-state index contributed by atoms with van der Waals surface area (Å²) < 4.78 is 13.6. The molecule has 0 radical (unpaired) electrons. The first kappa shape index (κ1) is 20.3. The number of hydrogen-bond acceptors (Lipinski definition) is 2. The SMILES string of the molecule is CCCC=C(C1=CCC(=NCCO)C(CC)C=C1)c1ccc(F)cc1C. The number of benzene rings is 1. The summed E-state index contributed by atoms with van der Waals surface area (Å²) in [5.74, 6) is 0.105. The summed E-state index contributed by atoms with van der Waals surface area (Å²) in [6.07, 6.45) is 12.7. The van der Waals surface area contributed by atoms with Crippen LogP contribution in [-0.4, -0.2) is 24.0 Å². The number of halogens is 1. The van der Waals surface area contributed by atoms with E-state index in [2.05, 4.69) is 43.1 Å². The van der Waals surface area contributed by atoms with Crippen molar-refractivity contribution < 1.29 is 9.50 Å². The fourth-order valence-corrected chi connectivity index (χ4v) is 3.31. The number of allylic oxidation sites excluding steroid dienone is 6. The average molecular weight is 355 g/mol. The molecule has 1 unspecified atom stereocenters. The summed E-state index contributed by atoms with van der Waals surface area (Å²) in [6, 6.07) is 5.01. The number of rotatable bonds is 7. The molecule has 3 heteroatoms. The highest BCUT2D eigenvalue weighted by atomic mass is 19.1. The van der Waals surface area contributed by atoms with Gasteiger partial charge in [-0.3, -0.25) is 4.99 Å². The van der Waals surface area contributed by atoms with Gasteiger partial charge in [0.2, 0.25) is 0 Å². The van der Waals surface area contributed by atoms with Crippen LogP contribution in [0, 0.1) is 18.7 Å². The number of aliphatic imine (C=N–C) groups is 1. The molecule has 1 N–H and O–H groups in total. The quantitative estimate of drug-likeness (QED) is 0.672. The molecule has 2 nitrogen and oxygen atoms in total. The van der Waals surface area contributed by atoms with Gasteiger partial charge in [0.25, 0.3) is 0 Å². The Labute approximate surface area is 156 Å². The summed E-state index contributed by atoms with van der Waals surface area (Å²) >= 11 is 0. The number of unbranched alkanes of at least 4 members (excludes halogenated alkanes) is 1. The number of hydrogen-bond donors (Lipinski definition) is 1. The summed E-state index contributed by atoms with van der Waals surface area (Å²) in [5, 5.41) is 9.08. The van der Waals surface area contributed by atoms with E-state index in [1.165, 1.54) is 17.2 Å². The maximum atomic E-state index is 13.6. The fraction of sp³-hybridized carbons (Fsp3) is 0.435. The van der Waals surface area contributed by atoms with E-state index >= 15 is 0 Å². The normalized spacial score (nSPS) is 19.6. The number of aliphatic hydroxyl groups is 1. The summed E-state index contributed by atoms with van der Waals surface area (Å²) in [6.45, 7) is 6.82. The Morgan fingerprint density at radius 3 is 2.81 bits per heavy atom. The first-order valence-corrected chi connectivity index (χ1v) is 9.60. The van der Waals surface area contributed by atoms with Crippen LogP contribution in [0.4, 0.5) is 4.39 Å². The Hall–Kier alpha value is -2.00. The van der Waals surface area contributed by atoms with Crippen LogP contribution < -0.4 is 0 Å². The maximum Gasteiger partial charge on any atom is 0.123 e. The van der Waals surface area contributed by atoms with Gasteiger partial charge in [-0.25, -0.2) is 4.39 Å². The van der Waals surface area contributed by atoms with Crippen molar-refractivity contribution in [1.29, 1.82) is 0 Å². The van der Waals surface area contributed by atoms with Gasteiger partial charge in [-0.2, -0.15) is 0 Å². The molecule has 140 valence electrons. The Kier molecular flexibility index (Phi) is 7.99. The molecule has 0 heterocycles. The molecular weight excluding hydrogens is 325 g/mol. The molecule has 0 aromatic heterocycles. The highest BCUT2D eigenvalue weighted by molar-refractivity contribution is 5.93. The minimum atomic E-state index is -0.198. The van der Waals surface area contributed by atoms with E-state index in [4.69, 9.17) is 5.11 Å². The molecule has 0 amide bonds. The second-order valence-corrected chi connectivity index (χ2v) is 6.70. The largest absolute Gasteiger partial charge is 0.394 e. The van der Waals surface area contributed by atoms with Gasteiger partial charge in [0.05, 0.1) is 13.2 Å². The first-order valence-electron chi connectivity index (χ1n) is 9.60. The predicted octanol–water partition coefficient (Wildman–Crippen LogP) is 5.66. The van der Waals surface area contributed by atoms with Crippen molar-refractivity contribution in [3.8, 4) is 0 Å². The topological polar surface area (TPSA) is 32.6 Å². The second-order valence-electron chi connectivity index (χ2n) is 6.70. The third-order valence-corrected chi connectivity index (χ3v) is 4.75. The van der Waals surface area contributed by atoms with E-state index in [1.54, 1.807) is 6.07 Å². The third-order valence-electron chi connectivity index (χ3n) is 4.75. The molecule has 1 aromatic carbocycles. The zero-order valence-electron chi connectivity index (χ0n) is 16.1. The summed E-state index contributed by atoms with van der Waals surface area (Å²) in [7, 11) is 0. The lowest BCUT2D eigenvalue weighted by atomic mass is 9.92. The van der Waals surface area contributed by atoms with Crippen molar-refractivity contribution >= 4 is 11.3 Å². The van der Waals surface area contributed by atoms with Crippen LogP contribution in [0.3, 0.4) is 0 Å². The van der Waals surface area contributed by atoms with Crippen LogP contribution in [0.1, 0.15) is 50.7 Å². The standard InChI is InChI=1S/C23H30FNO/c1-4-6-7-22(21-12-11-20(24)16-17(21)3)19-9-8-18(5-2)23(13-10-19)25-14-15-26/h7-12,16,18,26H,4-6,13-15H2,1-3H3. The Balaban J connectivity index is 2.43. The molecule has 0 saturated carbocycles. The lowest BCUT2D eigenvalue weighted by Crippen LogP contribution is -2.11. The van der Waals surface area contributed by atoms with Gasteiger partial charge in [-0.15, -0.1) is 0 Å². The molecule has 1 aliphatic rings. The van der Waals surface area contributed by atoms with E-state index in [0.29, 0.717) is 12.5 Å².